The molecular weight excluding hydrogens is 298 g/mol. The van der Waals surface area contributed by atoms with Crippen molar-refractivity contribution in [2.24, 2.45) is 0 Å². The van der Waals surface area contributed by atoms with Gasteiger partial charge in [0.05, 0.1) is 0 Å². The van der Waals surface area contributed by atoms with E-state index in [-0.39, 0.29) is 0 Å². The predicted octanol–water partition coefficient (Wildman–Crippen LogP) is 3.00. The summed E-state index contributed by atoms with van der Waals surface area (Å²) in [6.45, 7) is 0.607. The molecule has 0 fully saturated rings. The van der Waals surface area contributed by atoms with Gasteiger partial charge in [-0.2, -0.15) is 8.78 Å². The van der Waals surface area contributed by atoms with Crippen LogP contribution < -0.4 is 4.90 Å². The molecule has 0 aromatic carbocycles. The van der Waals surface area contributed by atoms with E-state index in [1.165, 1.54) is 10.9 Å². The molecule has 2 heterocycles. The highest BCUT2D eigenvalue weighted by atomic mass is 32.1. The van der Waals surface area contributed by atoms with E-state index in [2.05, 4.69) is 4.98 Å². The zero-order chi connectivity index (χ0) is 15.5. The maximum absolute atomic E-state index is 13.5. The number of aliphatic carboxylic acids is 1. The smallest absolute Gasteiger partial charge is 0.384 e. The Morgan fingerprint density at radius 1 is 1.38 bits per heavy atom. The summed E-state index contributed by atoms with van der Waals surface area (Å²) in [7, 11) is 1.73. The first-order chi connectivity index (χ1) is 9.91. The number of carbonyl (C=O) groups is 1. The third-order valence-corrected chi connectivity index (χ3v) is 3.93. The Hall–Kier alpha value is -2.02. The molecule has 0 spiro atoms. The topological polar surface area (TPSA) is 53.4 Å². The van der Waals surface area contributed by atoms with E-state index in [1.807, 2.05) is 17.5 Å². The van der Waals surface area contributed by atoms with Crippen molar-refractivity contribution in [1.82, 2.24) is 4.98 Å². The molecule has 0 saturated carbocycles. The monoisotopic (exact) mass is 312 g/mol. The number of rotatable bonds is 6. The lowest BCUT2D eigenvalue weighted by Gasteiger charge is -2.19. The van der Waals surface area contributed by atoms with Crippen molar-refractivity contribution < 1.29 is 18.7 Å². The zero-order valence-corrected chi connectivity index (χ0v) is 12.1. The number of pyridine rings is 1. The summed E-state index contributed by atoms with van der Waals surface area (Å²) in [6, 6.07) is 7.93. The van der Waals surface area contributed by atoms with Crippen molar-refractivity contribution in [2.75, 3.05) is 18.5 Å². The fourth-order valence-electron chi connectivity index (χ4n) is 1.77. The summed E-state index contributed by atoms with van der Waals surface area (Å²) in [5, 5.41) is 10.5. The normalized spacial score (nSPS) is 11.4. The van der Waals surface area contributed by atoms with Gasteiger partial charge in [-0.15, -0.1) is 11.3 Å². The average Bonchev–Trinajstić information content (AvgIpc) is 2.98. The van der Waals surface area contributed by atoms with E-state index in [4.69, 9.17) is 5.11 Å². The molecule has 112 valence electrons. The Balaban J connectivity index is 2.11. The van der Waals surface area contributed by atoms with Crippen LogP contribution in [0.2, 0.25) is 0 Å². The fraction of sp³-hybridized carbons (Fsp3) is 0.286. The highest BCUT2D eigenvalue weighted by Crippen LogP contribution is 2.27. The average molecular weight is 312 g/mol. The Morgan fingerprint density at radius 3 is 2.76 bits per heavy atom. The summed E-state index contributed by atoms with van der Waals surface area (Å²) in [5.74, 6) is -5.86. The van der Waals surface area contributed by atoms with Crippen LogP contribution in [0.25, 0.3) is 0 Å². The number of carboxylic acid groups (broad SMARTS) is 1. The minimum Gasteiger partial charge on any atom is -0.476 e. The molecule has 7 heteroatoms. The second-order valence-corrected chi connectivity index (χ2v) is 5.54. The third-order valence-electron chi connectivity index (χ3n) is 2.99. The van der Waals surface area contributed by atoms with Crippen LogP contribution in [-0.4, -0.2) is 29.7 Å². The van der Waals surface area contributed by atoms with E-state index >= 15 is 0 Å². The standard InChI is InChI=1S/C14H14F2N2O2S/c1-18(8-7-10-4-3-9-21-10)12-6-2-5-11(17-12)14(15,16)13(19)20/h2-6,9H,7-8H2,1H3,(H,19,20). The molecule has 0 bridgehead atoms. The quantitative estimate of drug-likeness (QED) is 0.891. The maximum Gasteiger partial charge on any atom is 0.384 e. The van der Waals surface area contributed by atoms with E-state index in [9.17, 15) is 13.6 Å². The first kappa shape index (κ1) is 15.4. The molecule has 0 radical (unpaired) electrons. The van der Waals surface area contributed by atoms with Crippen LogP contribution in [0.5, 0.6) is 0 Å². The number of anilines is 1. The van der Waals surface area contributed by atoms with E-state index in [0.717, 1.165) is 12.5 Å². The Morgan fingerprint density at radius 2 is 2.14 bits per heavy atom. The van der Waals surface area contributed by atoms with Gasteiger partial charge in [-0.05, 0) is 30.0 Å². The van der Waals surface area contributed by atoms with E-state index < -0.39 is 17.6 Å². The molecule has 0 saturated heterocycles. The number of hydrogen-bond donors (Lipinski definition) is 1. The van der Waals surface area contributed by atoms with Crippen LogP contribution in [-0.2, 0) is 17.1 Å². The molecule has 0 aliphatic heterocycles. The van der Waals surface area contributed by atoms with Crippen LogP contribution in [0.1, 0.15) is 10.6 Å². The Kier molecular flexibility index (Phi) is 4.52. The van der Waals surface area contributed by atoms with Crippen molar-refractivity contribution in [2.45, 2.75) is 12.3 Å². The molecular formula is C14H14F2N2O2S. The molecule has 4 nitrogen and oxygen atoms in total. The predicted molar refractivity (Wildman–Crippen MR) is 77.1 cm³/mol. The van der Waals surface area contributed by atoms with Gasteiger partial charge >= 0.3 is 11.9 Å². The second-order valence-electron chi connectivity index (χ2n) is 4.51. The molecule has 0 atom stereocenters. The molecule has 2 aromatic rings. The third kappa shape index (κ3) is 3.55. The van der Waals surface area contributed by atoms with Crippen molar-refractivity contribution in [3.8, 4) is 0 Å². The number of alkyl halides is 2. The summed E-state index contributed by atoms with van der Waals surface area (Å²) in [5.41, 5.74) is -0.754. The molecule has 21 heavy (non-hydrogen) atoms. The first-order valence-electron chi connectivity index (χ1n) is 6.23. The number of nitrogens with zero attached hydrogens (tertiary/aromatic N) is 2. The molecule has 2 rings (SSSR count). The fourth-order valence-corrected chi connectivity index (χ4v) is 2.47. The Bertz CT molecular complexity index is 617. The summed E-state index contributed by atoms with van der Waals surface area (Å²) in [6.07, 6.45) is 0.773. The molecule has 0 aliphatic rings. The second kappa shape index (κ2) is 6.17. The van der Waals surface area contributed by atoms with Crippen LogP contribution in [0, 0.1) is 0 Å². The highest BCUT2D eigenvalue weighted by molar-refractivity contribution is 7.09. The lowest BCUT2D eigenvalue weighted by atomic mass is 10.2. The largest absolute Gasteiger partial charge is 0.476 e. The molecule has 1 N–H and O–H groups in total. The van der Waals surface area contributed by atoms with Gasteiger partial charge in [0, 0.05) is 18.5 Å². The van der Waals surface area contributed by atoms with Gasteiger partial charge in [0.2, 0.25) is 0 Å². The van der Waals surface area contributed by atoms with Crippen LogP contribution in [0.3, 0.4) is 0 Å². The number of aromatic nitrogens is 1. The van der Waals surface area contributed by atoms with Crippen molar-refractivity contribution in [3.05, 3.63) is 46.3 Å². The number of halogens is 2. The number of likely N-dealkylation sites (N-methyl/N-ethyl adjacent to an activating group) is 1. The van der Waals surface area contributed by atoms with Crippen LogP contribution >= 0.6 is 11.3 Å². The van der Waals surface area contributed by atoms with Gasteiger partial charge in [0.1, 0.15) is 11.5 Å². The number of hydrogen-bond acceptors (Lipinski definition) is 4. The van der Waals surface area contributed by atoms with E-state index in [0.29, 0.717) is 12.4 Å². The minimum absolute atomic E-state index is 0.324. The van der Waals surface area contributed by atoms with Crippen LogP contribution in [0.15, 0.2) is 35.7 Å². The minimum atomic E-state index is -3.98. The van der Waals surface area contributed by atoms with Gasteiger partial charge < -0.3 is 10.0 Å². The van der Waals surface area contributed by atoms with Gasteiger partial charge in [-0.25, -0.2) is 9.78 Å². The van der Waals surface area contributed by atoms with E-state index in [1.54, 1.807) is 29.4 Å². The molecule has 0 aliphatic carbocycles. The SMILES string of the molecule is CN(CCc1cccs1)c1cccc(C(F)(F)C(=O)O)n1. The number of carboxylic acids is 1. The maximum atomic E-state index is 13.5. The first-order valence-corrected chi connectivity index (χ1v) is 7.11. The zero-order valence-electron chi connectivity index (χ0n) is 11.3. The van der Waals surface area contributed by atoms with Gasteiger partial charge in [-0.1, -0.05) is 12.1 Å². The summed E-state index contributed by atoms with van der Waals surface area (Å²) in [4.78, 5) is 17.3. The summed E-state index contributed by atoms with van der Waals surface area (Å²) >= 11 is 1.63. The summed E-state index contributed by atoms with van der Waals surface area (Å²) < 4.78 is 26.9. The Labute approximate surface area is 124 Å². The van der Waals surface area contributed by atoms with Crippen molar-refractivity contribution in [1.29, 1.82) is 0 Å². The lowest BCUT2D eigenvalue weighted by Crippen LogP contribution is -2.28. The number of thiophene rings is 1. The van der Waals surface area contributed by atoms with Crippen LogP contribution in [0.4, 0.5) is 14.6 Å². The highest BCUT2D eigenvalue weighted by Gasteiger charge is 2.42. The van der Waals surface area contributed by atoms with Gasteiger partial charge in [-0.3, -0.25) is 0 Å². The molecule has 0 unspecified atom stereocenters. The van der Waals surface area contributed by atoms with Crippen molar-refractivity contribution in [3.63, 3.8) is 0 Å². The molecule has 0 amide bonds. The van der Waals surface area contributed by atoms with Crippen molar-refractivity contribution >= 4 is 23.1 Å². The van der Waals surface area contributed by atoms with Gasteiger partial charge in [0.25, 0.3) is 0 Å². The molecule has 2 aromatic heterocycles. The van der Waals surface area contributed by atoms with Gasteiger partial charge in [0.15, 0.2) is 0 Å². The lowest BCUT2D eigenvalue weighted by molar-refractivity contribution is -0.166.